The maximum atomic E-state index is 12.5. The van der Waals surface area contributed by atoms with Crippen LogP contribution < -0.4 is 10.5 Å². The van der Waals surface area contributed by atoms with Crippen molar-refractivity contribution in [2.24, 2.45) is 0 Å². The van der Waals surface area contributed by atoms with Crippen molar-refractivity contribution in [1.29, 1.82) is 0 Å². The first-order valence-electron chi connectivity index (χ1n) is 8.37. The van der Waals surface area contributed by atoms with E-state index in [9.17, 15) is 9.59 Å². The third-order valence-corrected chi connectivity index (χ3v) is 5.42. The van der Waals surface area contributed by atoms with Gasteiger partial charge in [0.1, 0.15) is 15.5 Å². The van der Waals surface area contributed by atoms with E-state index in [1.54, 1.807) is 13.0 Å². The van der Waals surface area contributed by atoms with Gasteiger partial charge in [-0.3, -0.25) is 0 Å². The number of hydrogen-bond acceptors (Lipinski definition) is 7. The van der Waals surface area contributed by atoms with Gasteiger partial charge in [0.05, 0.1) is 18.4 Å². The predicted molar refractivity (Wildman–Crippen MR) is 103 cm³/mol. The number of benzene rings is 1. The summed E-state index contributed by atoms with van der Waals surface area (Å²) in [4.78, 5) is 31.2. The summed E-state index contributed by atoms with van der Waals surface area (Å²) in [5.74, 6) is -0.458. The molecule has 0 aliphatic carbocycles. The van der Waals surface area contributed by atoms with Gasteiger partial charge in [0, 0.05) is 30.2 Å². The number of aryl methyl sites for hydroxylation is 1. The molecule has 6 nitrogen and oxygen atoms in total. The minimum absolute atomic E-state index is 0.344. The monoisotopic (exact) mass is 372 g/mol. The summed E-state index contributed by atoms with van der Waals surface area (Å²) in [6.45, 7) is 7.62. The smallest absolute Gasteiger partial charge is 0.349 e. The number of methoxy groups -OCH3 is 1. The molecule has 0 aliphatic heterocycles. The Kier molecular flexibility index (Phi) is 5.08. The molecule has 0 spiro atoms. The first-order valence-corrected chi connectivity index (χ1v) is 9.19. The first-order chi connectivity index (χ1) is 12.5. The van der Waals surface area contributed by atoms with Gasteiger partial charge in [-0.15, -0.1) is 11.3 Å². The number of carbonyl (C=O) groups excluding carboxylic acids is 1. The van der Waals surface area contributed by atoms with E-state index in [0.717, 1.165) is 35.5 Å². The van der Waals surface area contributed by atoms with Gasteiger partial charge in [-0.1, -0.05) is 0 Å². The molecule has 0 aliphatic rings. The molecule has 3 rings (SSSR count). The van der Waals surface area contributed by atoms with Gasteiger partial charge in [0.25, 0.3) is 0 Å². The molecule has 0 unspecified atom stereocenters. The number of aromatic nitrogens is 1. The highest BCUT2D eigenvalue weighted by Gasteiger charge is 2.19. The number of ether oxygens (including phenoxy) is 1. The third kappa shape index (κ3) is 3.22. The minimum Gasteiger partial charge on any atom is -0.465 e. The van der Waals surface area contributed by atoms with Crippen LogP contribution in [-0.4, -0.2) is 31.2 Å². The molecule has 0 saturated heterocycles. The second-order valence-corrected chi connectivity index (χ2v) is 6.77. The van der Waals surface area contributed by atoms with E-state index in [1.807, 2.05) is 18.2 Å². The molecular weight excluding hydrogens is 352 g/mol. The highest BCUT2D eigenvalue weighted by atomic mass is 32.1. The molecule has 3 aromatic rings. The van der Waals surface area contributed by atoms with Gasteiger partial charge < -0.3 is 14.1 Å². The van der Waals surface area contributed by atoms with E-state index >= 15 is 0 Å². The molecule has 7 heteroatoms. The molecule has 0 radical (unpaired) electrons. The molecule has 0 saturated carbocycles. The summed E-state index contributed by atoms with van der Waals surface area (Å²) < 4.78 is 10.3. The molecule has 0 bridgehead atoms. The zero-order chi connectivity index (χ0) is 18.8. The van der Waals surface area contributed by atoms with Gasteiger partial charge >= 0.3 is 11.6 Å². The average molecular weight is 372 g/mol. The number of rotatable bonds is 5. The van der Waals surface area contributed by atoms with Crippen molar-refractivity contribution in [1.82, 2.24) is 4.98 Å². The molecule has 2 aromatic heterocycles. The predicted octanol–water partition coefficient (Wildman–Crippen LogP) is 3.86. The van der Waals surface area contributed by atoms with Crippen LogP contribution in [0.3, 0.4) is 0 Å². The lowest BCUT2D eigenvalue weighted by molar-refractivity contribution is 0.0605. The number of fused-ring (bicyclic) bond motifs is 1. The van der Waals surface area contributed by atoms with Gasteiger partial charge in [-0.2, -0.15) is 0 Å². The van der Waals surface area contributed by atoms with Crippen molar-refractivity contribution >= 4 is 34.0 Å². The van der Waals surface area contributed by atoms with Crippen LogP contribution in [0, 0.1) is 6.92 Å². The standard InChI is InChI=1S/C19H20N2O4S/c1-5-21(6-2)13-8-7-12-9-14(18(22)25-15(12)10-13)17-20-11(3)16(26-17)19(23)24-4/h7-10H,5-6H2,1-4H3. The Balaban J connectivity index is 2.09. The summed E-state index contributed by atoms with van der Waals surface area (Å²) in [5, 5.41) is 1.26. The lowest BCUT2D eigenvalue weighted by Gasteiger charge is -2.20. The Bertz CT molecular complexity index is 1020. The molecule has 0 amide bonds. The normalized spacial score (nSPS) is 10.9. The van der Waals surface area contributed by atoms with Gasteiger partial charge in [0.2, 0.25) is 0 Å². The van der Waals surface area contributed by atoms with Crippen molar-refractivity contribution in [3.05, 3.63) is 45.3 Å². The summed E-state index contributed by atoms with van der Waals surface area (Å²) in [6.07, 6.45) is 0. The summed E-state index contributed by atoms with van der Waals surface area (Å²) in [6, 6.07) is 7.57. The van der Waals surface area contributed by atoms with Gasteiger partial charge in [0.15, 0.2) is 0 Å². The Labute approximate surface area is 155 Å². The maximum absolute atomic E-state index is 12.5. The van der Waals surface area contributed by atoms with Crippen LogP contribution in [0.25, 0.3) is 21.5 Å². The van der Waals surface area contributed by atoms with Crippen molar-refractivity contribution in [2.75, 3.05) is 25.1 Å². The second kappa shape index (κ2) is 7.29. The van der Waals surface area contributed by atoms with E-state index in [-0.39, 0.29) is 0 Å². The van der Waals surface area contributed by atoms with Crippen molar-refractivity contribution in [3.8, 4) is 10.6 Å². The van der Waals surface area contributed by atoms with Crippen LogP contribution in [0.2, 0.25) is 0 Å². The van der Waals surface area contributed by atoms with E-state index in [1.165, 1.54) is 7.11 Å². The van der Waals surface area contributed by atoms with Crippen LogP contribution >= 0.6 is 11.3 Å². The SMILES string of the molecule is CCN(CC)c1ccc2cc(-c3nc(C)c(C(=O)OC)s3)c(=O)oc2c1. The molecule has 0 N–H and O–H groups in total. The lowest BCUT2D eigenvalue weighted by Crippen LogP contribution is -2.21. The number of anilines is 1. The van der Waals surface area contributed by atoms with E-state index in [2.05, 4.69) is 23.7 Å². The molecule has 136 valence electrons. The number of carbonyl (C=O) groups is 1. The Hall–Kier alpha value is -2.67. The minimum atomic E-state index is -0.473. The second-order valence-electron chi connectivity index (χ2n) is 5.77. The number of thiazole rings is 1. The largest absolute Gasteiger partial charge is 0.465 e. The number of esters is 1. The van der Waals surface area contributed by atoms with Crippen molar-refractivity contribution < 1.29 is 13.9 Å². The van der Waals surface area contributed by atoms with E-state index in [4.69, 9.17) is 9.15 Å². The highest BCUT2D eigenvalue weighted by Crippen LogP contribution is 2.29. The highest BCUT2D eigenvalue weighted by molar-refractivity contribution is 7.17. The van der Waals surface area contributed by atoms with Gasteiger partial charge in [-0.05, 0) is 39.0 Å². The van der Waals surface area contributed by atoms with Crippen LogP contribution in [0.5, 0.6) is 0 Å². The molecule has 2 heterocycles. The molecule has 0 fully saturated rings. The lowest BCUT2D eigenvalue weighted by atomic mass is 10.1. The van der Waals surface area contributed by atoms with Crippen LogP contribution in [0.1, 0.15) is 29.2 Å². The fraction of sp³-hybridized carbons (Fsp3) is 0.316. The van der Waals surface area contributed by atoms with Gasteiger partial charge in [-0.25, -0.2) is 14.6 Å². The quantitative estimate of drug-likeness (QED) is 0.500. The zero-order valence-corrected chi connectivity index (χ0v) is 16.0. The Morgan fingerprint density at radius 3 is 2.65 bits per heavy atom. The number of nitrogens with zero attached hydrogens (tertiary/aromatic N) is 2. The Morgan fingerprint density at radius 2 is 2.00 bits per heavy atom. The summed E-state index contributed by atoms with van der Waals surface area (Å²) in [7, 11) is 1.32. The van der Waals surface area contributed by atoms with E-state index < -0.39 is 11.6 Å². The van der Waals surface area contributed by atoms with Crippen LogP contribution in [0.4, 0.5) is 5.69 Å². The van der Waals surface area contributed by atoms with Crippen LogP contribution in [-0.2, 0) is 4.74 Å². The fourth-order valence-corrected chi connectivity index (χ4v) is 3.82. The topological polar surface area (TPSA) is 72.6 Å². The molecular formula is C19H20N2O4S. The number of hydrogen-bond donors (Lipinski definition) is 0. The fourth-order valence-electron chi connectivity index (χ4n) is 2.83. The Morgan fingerprint density at radius 1 is 1.27 bits per heavy atom. The molecule has 1 aromatic carbocycles. The first kappa shape index (κ1) is 18.1. The van der Waals surface area contributed by atoms with Crippen LogP contribution in [0.15, 0.2) is 33.5 Å². The average Bonchev–Trinajstić information content (AvgIpc) is 3.03. The van der Waals surface area contributed by atoms with Crippen molar-refractivity contribution in [2.45, 2.75) is 20.8 Å². The third-order valence-electron chi connectivity index (χ3n) is 4.25. The maximum Gasteiger partial charge on any atom is 0.349 e. The molecule has 26 heavy (non-hydrogen) atoms. The summed E-state index contributed by atoms with van der Waals surface area (Å²) in [5.41, 5.74) is 1.95. The molecule has 0 atom stereocenters. The zero-order valence-electron chi connectivity index (χ0n) is 15.2. The van der Waals surface area contributed by atoms with Crippen molar-refractivity contribution in [3.63, 3.8) is 0 Å². The van der Waals surface area contributed by atoms with E-state index in [0.29, 0.717) is 26.7 Å². The summed E-state index contributed by atoms with van der Waals surface area (Å²) >= 11 is 1.13.